The summed E-state index contributed by atoms with van der Waals surface area (Å²) in [6.45, 7) is 8.41. The molecule has 0 spiro atoms. The lowest BCUT2D eigenvalue weighted by Crippen LogP contribution is -2.58. The standard InChI is InChI=1S/C23H29F2N5O2/c1-23(2,3)20(21(31)29-9-5-10-29)26-22(32)30-18-8-11-28(4)13-15(18)19(27-30)14-6-7-16(24)17(25)12-14/h6-7,12,20H,5,8-11,13H2,1-4H3,(H,26,32)/t20-/m1/s1. The predicted molar refractivity (Wildman–Crippen MR) is 116 cm³/mol. The number of fused-ring (bicyclic) bond motifs is 1. The van der Waals surface area contributed by atoms with Crippen molar-refractivity contribution < 1.29 is 18.4 Å². The first kappa shape index (κ1) is 22.4. The van der Waals surface area contributed by atoms with Gasteiger partial charge < -0.3 is 15.1 Å². The predicted octanol–water partition coefficient (Wildman–Crippen LogP) is 3.02. The van der Waals surface area contributed by atoms with E-state index in [1.54, 1.807) is 4.90 Å². The van der Waals surface area contributed by atoms with Gasteiger partial charge in [-0.05, 0) is 37.1 Å². The first-order chi connectivity index (χ1) is 15.1. The lowest BCUT2D eigenvalue weighted by molar-refractivity contribution is -0.139. The largest absolute Gasteiger partial charge is 0.343 e. The highest BCUT2D eigenvalue weighted by atomic mass is 19.2. The molecule has 0 saturated carbocycles. The molecule has 1 atom stereocenters. The highest BCUT2D eigenvalue weighted by Crippen LogP contribution is 2.31. The average Bonchev–Trinajstić information content (AvgIpc) is 3.04. The molecule has 172 valence electrons. The molecule has 2 aliphatic rings. The second-order valence-corrected chi connectivity index (χ2v) is 9.73. The Morgan fingerprint density at radius 2 is 1.84 bits per heavy atom. The van der Waals surface area contributed by atoms with E-state index in [1.807, 2.05) is 27.8 Å². The van der Waals surface area contributed by atoms with E-state index in [9.17, 15) is 18.4 Å². The zero-order chi connectivity index (χ0) is 23.2. The fourth-order valence-corrected chi connectivity index (χ4v) is 4.15. The summed E-state index contributed by atoms with van der Waals surface area (Å²) in [7, 11) is 1.96. The first-order valence-electron chi connectivity index (χ1n) is 10.9. The van der Waals surface area contributed by atoms with Gasteiger partial charge in [-0.3, -0.25) is 4.79 Å². The average molecular weight is 446 g/mol. The normalized spacial score (nSPS) is 17.5. The van der Waals surface area contributed by atoms with Gasteiger partial charge in [-0.2, -0.15) is 9.78 Å². The van der Waals surface area contributed by atoms with Crippen LogP contribution in [0.3, 0.4) is 0 Å². The zero-order valence-corrected chi connectivity index (χ0v) is 18.9. The molecule has 2 aliphatic heterocycles. The monoisotopic (exact) mass is 445 g/mol. The molecule has 3 heterocycles. The van der Waals surface area contributed by atoms with Crippen molar-refractivity contribution in [1.82, 2.24) is 24.9 Å². The van der Waals surface area contributed by atoms with Crippen molar-refractivity contribution in [3.8, 4) is 11.3 Å². The van der Waals surface area contributed by atoms with Gasteiger partial charge in [0, 0.05) is 43.7 Å². The van der Waals surface area contributed by atoms with E-state index in [-0.39, 0.29) is 5.91 Å². The molecule has 2 amide bonds. The molecule has 1 N–H and O–H groups in total. The Kier molecular flexibility index (Phi) is 5.79. The number of hydrogen-bond donors (Lipinski definition) is 1. The van der Waals surface area contributed by atoms with Crippen LogP contribution >= 0.6 is 0 Å². The Hall–Kier alpha value is -2.81. The molecule has 0 unspecified atom stereocenters. The molecule has 2 aromatic rings. The number of nitrogens with one attached hydrogen (secondary N) is 1. The molecule has 0 aliphatic carbocycles. The van der Waals surface area contributed by atoms with Crippen LogP contribution in [-0.4, -0.2) is 64.2 Å². The summed E-state index contributed by atoms with van der Waals surface area (Å²) in [4.78, 5) is 30.1. The molecule has 1 aromatic carbocycles. The summed E-state index contributed by atoms with van der Waals surface area (Å²) in [5.41, 5.74) is 1.90. The number of hydrogen-bond acceptors (Lipinski definition) is 4. The summed E-state index contributed by atoms with van der Waals surface area (Å²) in [6.07, 6.45) is 1.55. The first-order valence-corrected chi connectivity index (χ1v) is 10.9. The van der Waals surface area contributed by atoms with Gasteiger partial charge in [0.25, 0.3) is 0 Å². The molecule has 7 nitrogen and oxygen atoms in total. The second kappa shape index (κ2) is 8.27. The van der Waals surface area contributed by atoms with E-state index < -0.39 is 29.1 Å². The quantitative estimate of drug-likeness (QED) is 0.789. The highest BCUT2D eigenvalue weighted by molar-refractivity contribution is 5.89. The van der Waals surface area contributed by atoms with Gasteiger partial charge in [-0.1, -0.05) is 20.8 Å². The Labute approximate surface area is 186 Å². The minimum absolute atomic E-state index is 0.0984. The summed E-state index contributed by atoms with van der Waals surface area (Å²) in [6, 6.07) is 2.43. The van der Waals surface area contributed by atoms with Crippen molar-refractivity contribution in [1.29, 1.82) is 0 Å². The minimum Gasteiger partial charge on any atom is -0.341 e. The maximum absolute atomic E-state index is 13.9. The fraction of sp³-hybridized carbons (Fsp3) is 0.522. The van der Waals surface area contributed by atoms with Crippen LogP contribution in [0.1, 0.15) is 38.4 Å². The number of nitrogens with zero attached hydrogens (tertiary/aromatic N) is 4. The number of rotatable bonds is 3. The summed E-state index contributed by atoms with van der Waals surface area (Å²) >= 11 is 0. The molecule has 9 heteroatoms. The third-order valence-electron chi connectivity index (χ3n) is 6.18. The van der Waals surface area contributed by atoms with E-state index in [0.717, 1.165) is 36.4 Å². The Balaban J connectivity index is 1.70. The summed E-state index contributed by atoms with van der Waals surface area (Å²) in [5, 5.41) is 7.40. The van der Waals surface area contributed by atoms with Crippen molar-refractivity contribution in [2.75, 3.05) is 26.7 Å². The highest BCUT2D eigenvalue weighted by Gasteiger charge is 2.38. The lowest BCUT2D eigenvalue weighted by atomic mass is 9.85. The second-order valence-electron chi connectivity index (χ2n) is 9.73. The van der Waals surface area contributed by atoms with Gasteiger partial charge in [0.05, 0.1) is 11.4 Å². The van der Waals surface area contributed by atoms with E-state index in [1.165, 1.54) is 10.7 Å². The number of benzene rings is 1. The number of carbonyl (C=O) groups is 2. The van der Waals surface area contributed by atoms with Gasteiger partial charge in [-0.25, -0.2) is 13.6 Å². The number of likely N-dealkylation sites (tertiary alicyclic amines) is 1. The minimum atomic E-state index is -0.965. The maximum Gasteiger partial charge on any atom is 0.343 e. The smallest absolute Gasteiger partial charge is 0.341 e. The number of aromatic nitrogens is 2. The third-order valence-corrected chi connectivity index (χ3v) is 6.18. The molecular formula is C23H29F2N5O2. The van der Waals surface area contributed by atoms with Gasteiger partial charge in [-0.15, -0.1) is 0 Å². The van der Waals surface area contributed by atoms with Crippen LogP contribution in [0.4, 0.5) is 13.6 Å². The van der Waals surface area contributed by atoms with Crippen LogP contribution < -0.4 is 5.32 Å². The maximum atomic E-state index is 13.9. The molecule has 1 saturated heterocycles. The summed E-state index contributed by atoms with van der Waals surface area (Å²) < 4.78 is 28.7. The van der Waals surface area contributed by atoms with Gasteiger partial charge in [0.15, 0.2) is 11.6 Å². The molecule has 1 fully saturated rings. The number of amides is 2. The topological polar surface area (TPSA) is 70.5 Å². The molecular weight excluding hydrogens is 416 g/mol. The Bertz CT molecular complexity index is 1060. The van der Waals surface area contributed by atoms with Crippen molar-refractivity contribution in [3.63, 3.8) is 0 Å². The van der Waals surface area contributed by atoms with E-state index in [4.69, 9.17) is 0 Å². The fourth-order valence-electron chi connectivity index (χ4n) is 4.15. The van der Waals surface area contributed by atoms with Crippen molar-refractivity contribution >= 4 is 11.9 Å². The van der Waals surface area contributed by atoms with Crippen LogP contribution in [0.2, 0.25) is 0 Å². The number of likely N-dealkylation sites (N-methyl/N-ethyl adjacent to an activating group) is 1. The Morgan fingerprint density at radius 3 is 2.44 bits per heavy atom. The van der Waals surface area contributed by atoms with Crippen LogP contribution in [0.5, 0.6) is 0 Å². The zero-order valence-electron chi connectivity index (χ0n) is 18.9. The van der Waals surface area contributed by atoms with Crippen LogP contribution in [0.15, 0.2) is 18.2 Å². The van der Waals surface area contributed by atoms with Gasteiger partial charge in [0.2, 0.25) is 5.91 Å². The van der Waals surface area contributed by atoms with Gasteiger partial charge >= 0.3 is 6.03 Å². The molecule has 32 heavy (non-hydrogen) atoms. The van der Waals surface area contributed by atoms with Crippen LogP contribution in [-0.2, 0) is 17.8 Å². The van der Waals surface area contributed by atoms with Crippen molar-refractivity contribution in [3.05, 3.63) is 41.1 Å². The molecule has 0 bridgehead atoms. The van der Waals surface area contributed by atoms with Crippen molar-refractivity contribution in [2.45, 2.75) is 46.2 Å². The van der Waals surface area contributed by atoms with E-state index >= 15 is 0 Å². The van der Waals surface area contributed by atoms with Crippen LogP contribution in [0.25, 0.3) is 11.3 Å². The number of halogens is 2. The molecule has 0 radical (unpaired) electrons. The van der Waals surface area contributed by atoms with E-state index in [0.29, 0.717) is 37.3 Å². The van der Waals surface area contributed by atoms with E-state index in [2.05, 4.69) is 15.3 Å². The molecule has 4 rings (SSSR count). The number of carbonyl (C=O) groups excluding carboxylic acids is 2. The van der Waals surface area contributed by atoms with Crippen LogP contribution in [0, 0.1) is 17.0 Å². The molecule has 1 aromatic heterocycles. The van der Waals surface area contributed by atoms with Crippen molar-refractivity contribution in [2.24, 2.45) is 5.41 Å². The Morgan fingerprint density at radius 1 is 1.12 bits per heavy atom. The summed E-state index contributed by atoms with van der Waals surface area (Å²) in [5.74, 6) is -2.00. The third kappa shape index (κ3) is 4.13. The van der Waals surface area contributed by atoms with Gasteiger partial charge in [0.1, 0.15) is 6.04 Å². The SMILES string of the molecule is CN1CCc2c(c(-c3ccc(F)c(F)c3)nn2C(=O)N[C@H](C(=O)N2CCC2)C(C)(C)C)C1. The lowest BCUT2D eigenvalue weighted by Gasteiger charge is -2.38.